The van der Waals surface area contributed by atoms with Gasteiger partial charge in [-0.1, -0.05) is 48.0 Å². The van der Waals surface area contributed by atoms with Gasteiger partial charge in [-0.2, -0.15) is 5.10 Å². The molecule has 0 unspecified atom stereocenters. The molecule has 0 heterocycles. The first-order valence-electron chi connectivity index (χ1n) is 10.6. The molecule has 0 spiro atoms. The smallest absolute Gasteiger partial charge is 0.335 e. The minimum atomic E-state index is -1.00. The maximum atomic E-state index is 12.7. The van der Waals surface area contributed by atoms with E-state index in [1.807, 2.05) is 30.3 Å². The molecule has 0 bridgehead atoms. The minimum absolute atomic E-state index is 0.165. The van der Waals surface area contributed by atoms with Gasteiger partial charge in [-0.3, -0.25) is 4.79 Å². The molecular weight excluding hydrogens is 468 g/mol. The van der Waals surface area contributed by atoms with Crippen LogP contribution in [0.25, 0.3) is 10.8 Å². The lowest BCUT2D eigenvalue weighted by Crippen LogP contribution is -2.18. The Morgan fingerprint density at radius 3 is 2.46 bits per heavy atom. The van der Waals surface area contributed by atoms with Crippen molar-refractivity contribution in [1.82, 2.24) is 5.43 Å². The summed E-state index contributed by atoms with van der Waals surface area (Å²) in [6.07, 6.45) is 1.47. The molecule has 7 nitrogen and oxygen atoms in total. The van der Waals surface area contributed by atoms with Crippen molar-refractivity contribution in [2.75, 3.05) is 7.11 Å². The first-order valence-corrected chi connectivity index (χ1v) is 11.0. The lowest BCUT2D eigenvalue weighted by Gasteiger charge is -2.10. The topological polar surface area (TPSA) is 97.2 Å². The maximum Gasteiger partial charge on any atom is 0.335 e. The number of methoxy groups -OCH3 is 1. The number of hydrogen-bond donors (Lipinski definition) is 2. The Labute approximate surface area is 206 Å². The highest BCUT2D eigenvalue weighted by atomic mass is 35.5. The van der Waals surface area contributed by atoms with Crippen LogP contribution in [0.15, 0.2) is 84.0 Å². The third kappa shape index (κ3) is 5.77. The molecule has 0 aromatic heterocycles. The molecule has 35 heavy (non-hydrogen) atoms. The van der Waals surface area contributed by atoms with Gasteiger partial charge < -0.3 is 14.6 Å². The number of carboxylic acid groups (broad SMARTS) is 1. The molecule has 8 heteroatoms. The van der Waals surface area contributed by atoms with E-state index < -0.39 is 11.9 Å². The SMILES string of the molecule is COc1cc2ccccc2cc1C(=O)NN=Cc1ccc(OCc2cccc(C(=O)O)c2)c(Cl)c1. The van der Waals surface area contributed by atoms with Crippen molar-refractivity contribution >= 4 is 40.5 Å². The van der Waals surface area contributed by atoms with Gasteiger partial charge in [0, 0.05) is 0 Å². The van der Waals surface area contributed by atoms with E-state index in [1.165, 1.54) is 19.4 Å². The molecular formula is C27H21ClN2O5. The number of carboxylic acids is 1. The number of rotatable bonds is 8. The number of hydrazone groups is 1. The van der Waals surface area contributed by atoms with Crippen molar-refractivity contribution in [2.24, 2.45) is 5.10 Å². The predicted molar refractivity (Wildman–Crippen MR) is 135 cm³/mol. The quantitative estimate of drug-likeness (QED) is 0.250. The average Bonchev–Trinajstić information content (AvgIpc) is 2.87. The second-order valence-electron chi connectivity index (χ2n) is 7.58. The van der Waals surface area contributed by atoms with Crippen LogP contribution >= 0.6 is 11.6 Å². The molecule has 4 aromatic rings. The maximum absolute atomic E-state index is 12.7. The van der Waals surface area contributed by atoms with E-state index in [9.17, 15) is 9.59 Å². The normalized spacial score (nSPS) is 10.9. The Kier molecular flexibility index (Phi) is 7.28. The first kappa shape index (κ1) is 23.8. The number of nitrogens with one attached hydrogen (secondary N) is 1. The fraction of sp³-hybridized carbons (Fsp3) is 0.0741. The Bertz CT molecular complexity index is 1430. The van der Waals surface area contributed by atoms with Gasteiger partial charge in [0.15, 0.2) is 0 Å². The third-order valence-electron chi connectivity index (χ3n) is 5.22. The highest BCUT2D eigenvalue weighted by molar-refractivity contribution is 6.32. The number of carbonyl (C=O) groups is 2. The Hall–Kier alpha value is -4.36. The molecule has 2 N–H and O–H groups in total. The molecule has 0 aliphatic rings. The summed E-state index contributed by atoms with van der Waals surface area (Å²) in [6.45, 7) is 0.165. The van der Waals surface area contributed by atoms with Crippen molar-refractivity contribution in [3.8, 4) is 11.5 Å². The number of ether oxygens (including phenoxy) is 2. The van der Waals surface area contributed by atoms with E-state index in [4.69, 9.17) is 26.2 Å². The van der Waals surface area contributed by atoms with E-state index in [0.717, 1.165) is 10.8 Å². The highest BCUT2D eigenvalue weighted by Gasteiger charge is 2.13. The van der Waals surface area contributed by atoms with Crippen LogP contribution in [0.5, 0.6) is 11.5 Å². The number of fused-ring (bicyclic) bond motifs is 1. The summed E-state index contributed by atoms with van der Waals surface area (Å²) >= 11 is 6.33. The molecule has 0 fully saturated rings. The zero-order valence-corrected chi connectivity index (χ0v) is 19.5. The van der Waals surface area contributed by atoms with E-state index in [1.54, 1.807) is 42.5 Å². The Morgan fingerprint density at radius 1 is 0.971 bits per heavy atom. The first-order chi connectivity index (χ1) is 16.9. The van der Waals surface area contributed by atoms with Crippen molar-refractivity contribution in [3.05, 3.63) is 106 Å². The summed E-state index contributed by atoms with van der Waals surface area (Å²) in [7, 11) is 1.51. The zero-order chi connectivity index (χ0) is 24.8. The van der Waals surface area contributed by atoms with Gasteiger partial charge in [0.25, 0.3) is 5.91 Å². The molecule has 4 aromatic carbocycles. The molecule has 0 saturated carbocycles. The van der Waals surface area contributed by atoms with Crippen LogP contribution in [-0.2, 0) is 6.61 Å². The van der Waals surface area contributed by atoms with Crippen LogP contribution < -0.4 is 14.9 Å². The van der Waals surface area contributed by atoms with E-state index in [-0.39, 0.29) is 12.2 Å². The fourth-order valence-corrected chi connectivity index (χ4v) is 3.70. The van der Waals surface area contributed by atoms with Crippen LogP contribution in [0.4, 0.5) is 0 Å². The van der Waals surface area contributed by atoms with Gasteiger partial charge in [0.05, 0.1) is 29.5 Å². The Balaban J connectivity index is 1.40. The third-order valence-corrected chi connectivity index (χ3v) is 5.51. The number of halogens is 1. The number of amides is 1. The molecule has 1 amide bonds. The summed E-state index contributed by atoms with van der Waals surface area (Å²) in [4.78, 5) is 23.8. The number of nitrogens with zero attached hydrogens (tertiary/aromatic N) is 1. The lowest BCUT2D eigenvalue weighted by molar-refractivity contribution is 0.0696. The van der Waals surface area contributed by atoms with Crippen LogP contribution in [0.1, 0.15) is 31.8 Å². The van der Waals surface area contributed by atoms with Crippen LogP contribution in [0.2, 0.25) is 5.02 Å². The van der Waals surface area contributed by atoms with Gasteiger partial charge in [-0.15, -0.1) is 0 Å². The summed E-state index contributed by atoms with van der Waals surface area (Å²) in [5.74, 6) is -0.512. The summed E-state index contributed by atoms with van der Waals surface area (Å²) in [6, 6.07) is 22.8. The summed E-state index contributed by atoms with van der Waals surface area (Å²) in [5.41, 5.74) is 4.43. The zero-order valence-electron chi connectivity index (χ0n) is 18.7. The largest absolute Gasteiger partial charge is 0.496 e. The van der Waals surface area contributed by atoms with E-state index in [2.05, 4.69) is 10.5 Å². The molecule has 0 aliphatic heterocycles. The highest BCUT2D eigenvalue weighted by Crippen LogP contribution is 2.27. The van der Waals surface area contributed by atoms with Crippen molar-refractivity contribution in [2.45, 2.75) is 6.61 Å². The van der Waals surface area contributed by atoms with Crippen molar-refractivity contribution in [1.29, 1.82) is 0 Å². The van der Waals surface area contributed by atoms with Gasteiger partial charge in [-0.25, -0.2) is 10.2 Å². The monoisotopic (exact) mass is 488 g/mol. The number of carbonyl (C=O) groups excluding carboxylic acids is 1. The molecule has 4 rings (SSSR count). The van der Waals surface area contributed by atoms with Crippen molar-refractivity contribution < 1.29 is 24.2 Å². The van der Waals surface area contributed by atoms with Gasteiger partial charge >= 0.3 is 5.97 Å². The molecule has 176 valence electrons. The van der Waals surface area contributed by atoms with Gasteiger partial charge in [-0.05, 0) is 64.4 Å². The Morgan fingerprint density at radius 2 is 1.74 bits per heavy atom. The standard InChI is InChI=1S/C27H21ClN2O5/c1-34-25-14-20-7-3-2-6-19(20)13-22(25)26(31)30-29-15-17-9-10-24(23(28)12-17)35-16-18-5-4-8-21(11-18)27(32)33/h2-15H,16H2,1H3,(H,30,31)(H,32,33). The second kappa shape index (κ2) is 10.7. The van der Waals surface area contributed by atoms with Gasteiger partial charge in [0.1, 0.15) is 18.1 Å². The van der Waals surface area contributed by atoms with E-state index >= 15 is 0 Å². The molecule has 0 atom stereocenters. The van der Waals surface area contributed by atoms with Gasteiger partial charge in [0.2, 0.25) is 0 Å². The number of aromatic carboxylic acids is 1. The number of benzene rings is 4. The molecule has 0 saturated heterocycles. The average molecular weight is 489 g/mol. The number of hydrogen-bond acceptors (Lipinski definition) is 5. The van der Waals surface area contributed by atoms with Crippen LogP contribution in [-0.4, -0.2) is 30.3 Å². The molecule has 0 radical (unpaired) electrons. The van der Waals surface area contributed by atoms with Crippen molar-refractivity contribution in [3.63, 3.8) is 0 Å². The molecule has 0 aliphatic carbocycles. The second-order valence-corrected chi connectivity index (χ2v) is 7.99. The predicted octanol–water partition coefficient (Wildman–Crippen LogP) is 5.54. The summed E-state index contributed by atoms with van der Waals surface area (Å²) < 4.78 is 11.1. The minimum Gasteiger partial charge on any atom is -0.496 e. The fourth-order valence-electron chi connectivity index (χ4n) is 3.46. The van der Waals surface area contributed by atoms with E-state index in [0.29, 0.717) is 33.2 Å². The lowest BCUT2D eigenvalue weighted by atomic mass is 10.1. The van der Waals surface area contributed by atoms with Crippen LogP contribution in [0.3, 0.4) is 0 Å². The summed E-state index contributed by atoms with van der Waals surface area (Å²) in [5, 5.41) is 15.4. The van der Waals surface area contributed by atoms with Crippen LogP contribution in [0, 0.1) is 0 Å².